The van der Waals surface area contributed by atoms with Crippen molar-refractivity contribution in [3.8, 4) is 0 Å². The molecule has 21 heavy (non-hydrogen) atoms. The van der Waals surface area contributed by atoms with Gasteiger partial charge in [0.2, 0.25) is 5.91 Å². The number of ether oxygens (including phenoxy) is 1. The molecule has 1 amide bonds. The lowest BCUT2D eigenvalue weighted by atomic mass is 9.84. The van der Waals surface area contributed by atoms with Gasteiger partial charge in [-0.1, -0.05) is 13.8 Å². The van der Waals surface area contributed by atoms with Gasteiger partial charge in [0, 0.05) is 19.1 Å². The number of methoxy groups -OCH3 is 1. The first kappa shape index (κ1) is 16.3. The number of hydrogen-bond acceptors (Lipinski definition) is 4. The minimum atomic E-state index is -0.270. The Morgan fingerprint density at radius 2 is 1.95 bits per heavy atom. The second-order valence-corrected chi connectivity index (χ2v) is 6.94. The zero-order valence-corrected chi connectivity index (χ0v) is 13.4. The fourth-order valence-corrected chi connectivity index (χ4v) is 3.97. The lowest BCUT2D eigenvalue weighted by Crippen LogP contribution is -2.48. The van der Waals surface area contributed by atoms with Gasteiger partial charge < -0.3 is 15.4 Å². The largest absolute Gasteiger partial charge is 0.469 e. The first-order chi connectivity index (χ1) is 9.93. The predicted molar refractivity (Wildman–Crippen MR) is 80.3 cm³/mol. The highest BCUT2D eigenvalue weighted by Crippen LogP contribution is 2.48. The second-order valence-electron chi connectivity index (χ2n) is 6.94. The molecule has 120 valence electrons. The summed E-state index contributed by atoms with van der Waals surface area (Å²) >= 11 is 0. The van der Waals surface area contributed by atoms with Gasteiger partial charge in [0.15, 0.2) is 0 Å². The van der Waals surface area contributed by atoms with Crippen molar-refractivity contribution in [3.05, 3.63) is 0 Å². The van der Waals surface area contributed by atoms with Crippen LogP contribution in [0.1, 0.15) is 39.5 Å². The average molecular weight is 296 g/mol. The number of carbonyl (C=O) groups is 2. The number of carbonyl (C=O) groups excluding carboxylic acids is 2. The fourth-order valence-electron chi connectivity index (χ4n) is 3.97. The normalized spacial score (nSPS) is 30.7. The smallest absolute Gasteiger partial charge is 0.307 e. The molecule has 0 aliphatic heterocycles. The van der Waals surface area contributed by atoms with Crippen molar-refractivity contribution in [2.45, 2.75) is 45.6 Å². The standard InChI is InChI=1S/C16H28N2O3/c1-10(2)9-18(7-6-13(19)21-3)16(20)14-11-4-5-12(8-11)15(14)17/h10-12,14-15H,4-9,17H2,1-3H3. The van der Waals surface area contributed by atoms with Crippen LogP contribution in [-0.2, 0) is 14.3 Å². The molecule has 2 rings (SSSR count). The molecule has 2 fully saturated rings. The van der Waals surface area contributed by atoms with Gasteiger partial charge in [0.25, 0.3) is 0 Å². The van der Waals surface area contributed by atoms with Gasteiger partial charge in [-0.3, -0.25) is 9.59 Å². The van der Waals surface area contributed by atoms with Crippen molar-refractivity contribution in [1.29, 1.82) is 0 Å². The number of esters is 1. The Hall–Kier alpha value is -1.10. The maximum atomic E-state index is 12.9. The van der Waals surface area contributed by atoms with E-state index in [1.165, 1.54) is 13.5 Å². The van der Waals surface area contributed by atoms with Crippen LogP contribution in [0.2, 0.25) is 0 Å². The van der Waals surface area contributed by atoms with Crippen molar-refractivity contribution in [2.75, 3.05) is 20.2 Å². The summed E-state index contributed by atoms with van der Waals surface area (Å²) in [4.78, 5) is 26.1. The summed E-state index contributed by atoms with van der Waals surface area (Å²) in [6, 6.07) is 0.00374. The summed E-state index contributed by atoms with van der Waals surface area (Å²) in [6.07, 6.45) is 3.65. The minimum Gasteiger partial charge on any atom is -0.469 e. The van der Waals surface area contributed by atoms with E-state index in [1.807, 2.05) is 4.90 Å². The van der Waals surface area contributed by atoms with Crippen LogP contribution in [0.25, 0.3) is 0 Å². The number of nitrogens with two attached hydrogens (primary N) is 1. The minimum absolute atomic E-state index is 0.00374. The van der Waals surface area contributed by atoms with E-state index in [9.17, 15) is 9.59 Å². The van der Waals surface area contributed by atoms with Crippen LogP contribution in [0.15, 0.2) is 0 Å². The third-order valence-corrected chi connectivity index (χ3v) is 4.98. The van der Waals surface area contributed by atoms with E-state index >= 15 is 0 Å². The Kier molecular flexibility index (Phi) is 5.25. The van der Waals surface area contributed by atoms with Crippen LogP contribution in [0.4, 0.5) is 0 Å². The molecule has 4 atom stereocenters. The molecule has 5 heteroatoms. The van der Waals surface area contributed by atoms with Crippen molar-refractivity contribution in [2.24, 2.45) is 29.4 Å². The second kappa shape index (κ2) is 6.77. The Bertz CT molecular complexity index is 395. The Labute approximate surface area is 127 Å². The molecule has 4 unspecified atom stereocenters. The molecule has 0 spiro atoms. The highest BCUT2D eigenvalue weighted by atomic mass is 16.5. The summed E-state index contributed by atoms with van der Waals surface area (Å²) < 4.78 is 4.68. The van der Waals surface area contributed by atoms with Crippen molar-refractivity contribution in [3.63, 3.8) is 0 Å². The third-order valence-electron chi connectivity index (χ3n) is 4.98. The van der Waals surface area contributed by atoms with Gasteiger partial charge in [-0.2, -0.15) is 0 Å². The van der Waals surface area contributed by atoms with E-state index in [-0.39, 0.29) is 30.3 Å². The SMILES string of the molecule is COC(=O)CCN(CC(C)C)C(=O)C1C2CCC(C2)C1N. The first-order valence-corrected chi connectivity index (χ1v) is 8.05. The number of amides is 1. The zero-order valence-electron chi connectivity index (χ0n) is 13.4. The van der Waals surface area contributed by atoms with Gasteiger partial charge in [-0.05, 0) is 37.0 Å². The molecular formula is C16H28N2O3. The lowest BCUT2D eigenvalue weighted by molar-refractivity contribution is -0.143. The van der Waals surface area contributed by atoms with E-state index in [1.54, 1.807) is 0 Å². The monoisotopic (exact) mass is 296 g/mol. The van der Waals surface area contributed by atoms with Crippen LogP contribution in [-0.4, -0.2) is 43.0 Å². The third kappa shape index (κ3) is 3.57. The topological polar surface area (TPSA) is 72.6 Å². The Morgan fingerprint density at radius 3 is 2.48 bits per heavy atom. The van der Waals surface area contributed by atoms with E-state index in [4.69, 9.17) is 5.73 Å². The van der Waals surface area contributed by atoms with E-state index in [0.29, 0.717) is 30.8 Å². The number of hydrogen-bond donors (Lipinski definition) is 1. The van der Waals surface area contributed by atoms with Gasteiger partial charge >= 0.3 is 5.97 Å². The summed E-state index contributed by atoms with van der Waals surface area (Å²) in [6.45, 7) is 5.28. The summed E-state index contributed by atoms with van der Waals surface area (Å²) in [5.41, 5.74) is 6.28. The molecule has 2 saturated carbocycles. The van der Waals surface area contributed by atoms with Crippen LogP contribution < -0.4 is 5.73 Å². The number of fused-ring (bicyclic) bond motifs is 2. The van der Waals surface area contributed by atoms with Crippen LogP contribution >= 0.6 is 0 Å². The number of rotatable bonds is 6. The summed E-state index contributed by atoms with van der Waals surface area (Å²) in [7, 11) is 1.38. The van der Waals surface area contributed by atoms with Crippen molar-refractivity contribution >= 4 is 11.9 Å². The maximum Gasteiger partial charge on any atom is 0.307 e. The molecule has 2 aliphatic carbocycles. The zero-order chi connectivity index (χ0) is 15.6. The molecule has 0 heterocycles. The van der Waals surface area contributed by atoms with Gasteiger partial charge in [0.05, 0.1) is 19.4 Å². The molecule has 0 aromatic heterocycles. The maximum absolute atomic E-state index is 12.9. The highest BCUT2D eigenvalue weighted by molar-refractivity contribution is 5.81. The molecule has 0 aromatic carbocycles. The van der Waals surface area contributed by atoms with Crippen molar-refractivity contribution in [1.82, 2.24) is 4.90 Å². The summed E-state index contributed by atoms with van der Waals surface area (Å²) in [5, 5.41) is 0. The van der Waals surface area contributed by atoms with Crippen LogP contribution in [0, 0.1) is 23.7 Å². The molecule has 2 aliphatic rings. The first-order valence-electron chi connectivity index (χ1n) is 8.05. The lowest BCUT2D eigenvalue weighted by Gasteiger charge is -2.33. The molecule has 0 aromatic rings. The van der Waals surface area contributed by atoms with Crippen LogP contribution in [0.5, 0.6) is 0 Å². The Balaban J connectivity index is 2.01. The molecule has 2 bridgehead atoms. The molecular weight excluding hydrogens is 268 g/mol. The quantitative estimate of drug-likeness (QED) is 0.752. The molecule has 0 radical (unpaired) electrons. The van der Waals surface area contributed by atoms with Gasteiger partial charge in [-0.15, -0.1) is 0 Å². The average Bonchev–Trinajstić information content (AvgIpc) is 3.02. The van der Waals surface area contributed by atoms with Gasteiger partial charge in [-0.25, -0.2) is 0 Å². The number of nitrogens with zero attached hydrogens (tertiary/aromatic N) is 1. The van der Waals surface area contributed by atoms with Gasteiger partial charge in [0.1, 0.15) is 0 Å². The Morgan fingerprint density at radius 1 is 1.29 bits per heavy atom. The summed E-state index contributed by atoms with van der Waals surface area (Å²) in [5.74, 6) is 1.18. The fraction of sp³-hybridized carbons (Fsp3) is 0.875. The predicted octanol–water partition coefficient (Wildman–Crippen LogP) is 1.41. The molecule has 0 saturated heterocycles. The molecule has 2 N–H and O–H groups in total. The molecule has 5 nitrogen and oxygen atoms in total. The van der Waals surface area contributed by atoms with Crippen molar-refractivity contribution < 1.29 is 14.3 Å². The van der Waals surface area contributed by atoms with E-state index in [2.05, 4.69) is 18.6 Å². The van der Waals surface area contributed by atoms with Crippen LogP contribution in [0.3, 0.4) is 0 Å². The van der Waals surface area contributed by atoms with E-state index < -0.39 is 0 Å². The van der Waals surface area contributed by atoms with E-state index in [0.717, 1.165) is 12.8 Å². The highest BCUT2D eigenvalue weighted by Gasteiger charge is 2.50.